The van der Waals surface area contributed by atoms with Gasteiger partial charge in [0.05, 0.1) is 30.2 Å². The van der Waals surface area contributed by atoms with Gasteiger partial charge in [-0.15, -0.1) is 0 Å². The third-order valence-electron chi connectivity index (χ3n) is 5.37. The van der Waals surface area contributed by atoms with Gasteiger partial charge in [0.1, 0.15) is 0 Å². The summed E-state index contributed by atoms with van der Waals surface area (Å²) in [5.74, 6) is 0. The van der Waals surface area contributed by atoms with Crippen molar-refractivity contribution in [2.24, 2.45) is 0 Å². The molecule has 0 saturated heterocycles. The second-order valence-electron chi connectivity index (χ2n) is 6.91. The van der Waals surface area contributed by atoms with E-state index in [1.54, 1.807) is 0 Å². The van der Waals surface area contributed by atoms with Crippen molar-refractivity contribution >= 4 is 39.0 Å². The maximum Gasteiger partial charge on any atom is 0.152 e. The van der Waals surface area contributed by atoms with Gasteiger partial charge in [-0.2, -0.15) is 0 Å². The maximum absolute atomic E-state index is 11.6. The van der Waals surface area contributed by atoms with Crippen LogP contribution in [0.25, 0.3) is 32.7 Å². The van der Waals surface area contributed by atoms with E-state index < -0.39 is 0 Å². The number of para-hydroxylation sites is 1. The fourth-order valence-electron chi connectivity index (χ4n) is 4.28. The van der Waals surface area contributed by atoms with Crippen LogP contribution < -0.4 is 0 Å². The van der Waals surface area contributed by atoms with Crippen LogP contribution >= 0.6 is 0 Å². The van der Waals surface area contributed by atoms with E-state index >= 15 is 0 Å². The number of rotatable bonds is 5. The van der Waals surface area contributed by atoms with Crippen LogP contribution in [0.1, 0.15) is 16.8 Å². The maximum atomic E-state index is 11.6. The van der Waals surface area contributed by atoms with Gasteiger partial charge < -0.3 is 19.0 Å². The molecule has 0 radical (unpaired) electrons. The summed E-state index contributed by atoms with van der Waals surface area (Å²) in [6.45, 7) is 2.12. The number of fused-ring (bicyclic) bond motifs is 3. The summed E-state index contributed by atoms with van der Waals surface area (Å²) in [5.41, 5.74) is 4.18. The van der Waals surface area contributed by atoms with E-state index in [4.69, 9.17) is 9.84 Å². The number of aldehydes is 1. The summed E-state index contributed by atoms with van der Waals surface area (Å²) in [6.07, 6.45) is 3.49. The molecule has 1 aliphatic rings. The molecule has 5 heteroatoms. The first-order valence-corrected chi connectivity index (χ1v) is 9.02. The number of aliphatic hydroxyl groups is 1. The van der Waals surface area contributed by atoms with Crippen molar-refractivity contribution in [1.29, 1.82) is 0 Å². The van der Waals surface area contributed by atoms with Crippen LogP contribution in [0.15, 0.2) is 42.6 Å². The Morgan fingerprint density at radius 2 is 1.92 bits per heavy atom. The van der Waals surface area contributed by atoms with E-state index in [1.165, 1.54) is 21.8 Å². The molecule has 0 spiro atoms. The number of carbonyl (C=O) groups excluding carboxylic acids is 1. The molecule has 1 aliphatic heterocycles. The van der Waals surface area contributed by atoms with Crippen molar-refractivity contribution < 1.29 is 14.6 Å². The van der Waals surface area contributed by atoms with Crippen LogP contribution in [0.5, 0.6) is 0 Å². The lowest BCUT2D eigenvalue weighted by molar-refractivity contribution is 0.0257. The first kappa shape index (κ1) is 15.6. The van der Waals surface area contributed by atoms with Crippen LogP contribution in [-0.2, 0) is 17.8 Å². The summed E-state index contributed by atoms with van der Waals surface area (Å²) in [6, 6.07) is 12.6. The first-order valence-electron chi connectivity index (χ1n) is 9.02. The molecule has 26 heavy (non-hydrogen) atoms. The minimum absolute atomic E-state index is 0.0111. The van der Waals surface area contributed by atoms with Gasteiger partial charge in [0.15, 0.2) is 6.29 Å². The Morgan fingerprint density at radius 1 is 1.08 bits per heavy atom. The van der Waals surface area contributed by atoms with Gasteiger partial charge in [0.2, 0.25) is 0 Å². The van der Waals surface area contributed by atoms with Crippen molar-refractivity contribution in [3.8, 4) is 0 Å². The monoisotopic (exact) mass is 348 g/mol. The highest BCUT2D eigenvalue weighted by Crippen LogP contribution is 2.37. The van der Waals surface area contributed by atoms with Crippen LogP contribution in [0.4, 0.5) is 0 Å². The van der Waals surface area contributed by atoms with Crippen molar-refractivity contribution in [1.82, 2.24) is 9.13 Å². The lowest BCUT2D eigenvalue weighted by atomic mass is 10.1. The number of hydrogen-bond donors (Lipinski definition) is 1. The Balaban J connectivity index is 1.81. The Bertz CT molecular complexity index is 1140. The van der Waals surface area contributed by atoms with Crippen LogP contribution in [0.2, 0.25) is 0 Å². The van der Waals surface area contributed by atoms with E-state index in [0.717, 1.165) is 29.3 Å². The van der Waals surface area contributed by atoms with E-state index in [0.29, 0.717) is 19.6 Å². The van der Waals surface area contributed by atoms with E-state index in [-0.39, 0.29) is 12.7 Å². The largest absolute Gasteiger partial charge is 0.396 e. The van der Waals surface area contributed by atoms with Gasteiger partial charge in [0.25, 0.3) is 0 Å². The van der Waals surface area contributed by atoms with Crippen molar-refractivity contribution in [3.05, 3.63) is 48.2 Å². The van der Waals surface area contributed by atoms with Crippen molar-refractivity contribution in [3.63, 3.8) is 0 Å². The number of aromatic nitrogens is 2. The van der Waals surface area contributed by atoms with Gasteiger partial charge >= 0.3 is 0 Å². The number of aliphatic hydroxyl groups excluding tert-OH is 1. The van der Waals surface area contributed by atoms with Crippen LogP contribution in [-0.4, -0.2) is 39.8 Å². The molecule has 5 nitrogen and oxygen atoms in total. The van der Waals surface area contributed by atoms with Gasteiger partial charge in [0, 0.05) is 46.6 Å². The number of ether oxygens (including phenoxy) is 1. The van der Waals surface area contributed by atoms with E-state index in [1.807, 2.05) is 6.20 Å². The van der Waals surface area contributed by atoms with Crippen LogP contribution in [0.3, 0.4) is 0 Å². The highest BCUT2D eigenvalue weighted by molar-refractivity contribution is 6.19. The standard InChI is InChI=1S/C21H20N2O3/c24-8-3-9-26-15-11-22-10-14(13-25)16-6-7-18-17-4-1-2-5-19(17)23(12-15)21(18)20(16)22/h1-2,4-7,10,13,15,24H,3,8-9,11-12H2. The number of nitrogens with zero attached hydrogens (tertiary/aromatic N) is 2. The Morgan fingerprint density at radius 3 is 2.77 bits per heavy atom. The number of hydrogen-bond acceptors (Lipinski definition) is 3. The third-order valence-corrected chi connectivity index (χ3v) is 5.37. The second-order valence-corrected chi connectivity index (χ2v) is 6.91. The molecule has 2 aromatic heterocycles. The van der Waals surface area contributed by atoms with Crippen molar-refractivity contribution in [2.45, 2.75) is 25.6 Å². The average molecular weight is 348 g/mol. The van der Waals surface area contributed by atoms with Crippen molar-refractivity contribution in [2.75, 3.05) is 13.2 Å². The lowest BCUT2D eigenvalue weighted by Crippen LogP contribution is -2.24. The Kier molecular flexibility index (Phi) is 3.58. The average Bonchev–Trinajstić information content (AvgIpc) is 3.12. The normalized spacial score (nSPS) is 16.7. The molecule has 1 N–H and O–H groups in total. The molecular formula is C21H20N2O3. The van der Waals surface area contributed by atoms with Gasteiger partial charge in [-0.25, -0.2) is 0 Å². The number of benzene rings is 2. The zero-order valence-corrected chi connectivity index (χ0v) is 14.4. The predicted octanol–water partition coefficient (Wildman–Crippen LogP) is 3.34. The molecule has 1 unspecified atom stereocenters. The molecule has 0 saturated carbocycles. The molecule has 2 aromatic carbocycles. The topological polar surface area (TPSA) is 56.4 Å². The first-order chi connectivity index (χ1) is 12.8. The highest BCUT2D eigenvalue weighted by Gasteiger charge is 2.24. The third kappa shape index (κ3) is 2.14. The van der Waals surface area contributed by atoms with Crippen LogP contribution in [0, 0.1) is 0 Å². The van der Waals surface area contributed by atoms with Gasteiger partial charge in [-0.05, 0) is 12.5 Å². The molecule has 0 amide bonds. The minimum atomic E-state index is -0.0111. The fraction of sp³-hybridized carbons (Fsp3) is 0.286. The molecule has 4 aromatic rings. The molecule has 1 atom stereocenters. The van der Waals surface area contributed by atoms with Gasteiger partial charge in [-0.1, -0.05) is 30.3 Å². The summed E-state index contributed by atoms with van der Waals surface area (Å²) in [4.78, 5) is 11.6. The molecule has 5 rings (SSSR count). The van der Waals surface area contributed by atoms with E-state index in [9.17, 15) is 4.79 Å². The lowest BCUT2D eigenvalue weighted by Gasteiger charge is -2.18. The second kappa shape index (κ2) is 5.97. The highest BCUT2D eigenvalue weighted by atomic mass is 16.5. The SMILES string of the molecule is O=Cc1cn2c3c1ccc1c4ccccc4n(c13)CC(OCCCO)C2. The zero-order chi connectivity index (χ0) is 17.7. The quantitative estimate of drug-likeness (QED) is 0.444. The molecular weight excluding hydrogens is 328 g/mol. The van der Waals surface area contributed by atoms with E-state index in [2.05, 4.69) is 45.5 Å². The molecule has 132 valence electrons. The Labute approximate surface area is 150 Å². The molecule has 0 fully saturated rings. The summed E-state index contributed by atoms with van der Waals surface area (Å²) in [7, 11) is 0. The smallest absolute Gasteiger partial charge is 0.152 e. The molecule has 3 heterocycles. The molecule has 0 bridgehead atoms. The Hall–Kier alpha value is -2.63. The molecule has 0 aliphatic carbocycles. The summed E-state index contributed by atoms with van der Waals surface area (Å²) < 4.78 is 10.6. The van der Waals surface area contributed by atoms with Gasteiger partial charge in [-0.3, -0.25) is 4.79 Å². The number of carbonyl (C=O) groups is 1. The summed E-state index contributed by atoms with van der Waals surface area (Å²) in [5, 5.41) is 12.5. The zero-order valence-electron chi connectivity index (χ0n) is 14.4. The predicted molar refractivity (Wildman–Crippen MR) is 102 cm³/mol. The fourth-order valence-corrected chi connectivity index (χ4v) is 4.28. The minimum Gasteiger partial charge on any atom is -0.396 e. The summed E-state index contributed by atoms with van der Waals surface area (Å²) >= 11 is 0.